The van der Waals surface area contributed by atoms with E-state index in [1.54, 1.807) is 24.5 Å². The van der Waals surface area contributed by atoms with Gasteiger partial charge in [0.15, 0.2) is 0 Å². The molecule has 1 aromatic carbocycles. The predicted octanol–water partition coefficient (Wildman–Crippen LogP) is 4.26. The molecule has 1 amide bonds. The quantitative estimate of drug-likeness (QED) is 0.746. The topological polar surface area (TPSA) is 45.7 Å². The Morgan fingerprint density at radius 2 is 1.73 bits per heavy atom. The van der Waals surface area contributed by atoms with Gasteiger partial charge in [0.1, 0.15) is 11.9 Å². The minimum Gasteiger partial charge on any atom is -0.490 e. The molecule has 0 radical (unpaired) electrons. The van der Waals surface area contributed by atoms with Crippen LogP contribution in [0.25, 0.3) is 5.57 Å². The summed E-state index contributed by atoms with van der Waals surface area (Å²) in [5.74, 6) is 1.02. The molecular weight excluding hydrogens is 374 g/mol. The van der Waals surface area contributed by atoms with Gasteiger partial charge in [0.05, 0.1) is 0 Å². The van der Waals surface area contributed by atoms with Gasteiger partial charge in [-0.3, -0.25) is 9.78 Å². The summed E-state index contributed by atoms with van der Waals surface area (Å²) in [6.45, 7) is 8.12. The zero-order valence-corrected chi connectivity index (χ0v) is 18.0. The molecule has 2 aromatic rings. The van der Waals surface area contributed by atoms with Crippen molar-refractivity contribution in [1.82, 2.24) is 14.8 Å². The number of ether oxygens (including phenoxy) is 1. The third-order valence-corrected chi connectivity index (χ3v) is 6.16. The molecule has 0 saturated carbocycles. The summed E-state index contributed by atoms with van der Waals surface area (Å²) in [4.78, 5) is 21.0. The van der Waals surface area contributed by atoms with Crippen LogP contribution in [0, 0.1) is 0 Å². The number of nitrogens with zero attached hydrogens (tertiary/aromatic N) is 3. The Balaban J connectivity index is 1.31. The van der Waals surface area contributed by atoms with Crippen molar-refractivity contribution in [2.24, 2.45) is 0 Å². The van der Waals surface area contributed by atoms with Crippen LogP contribution in [0.5, 0.6) is 5.75 Å². The summed E-state index contributed by atoms with van der Waals surface area (Å²) >= 11 is 0. The summed E-state index contributed by atoms with van der Waals surface area (Å²) in [5, 5.41) is 0. The van der Waals surface area contributed by atoms with Crippen molar-refractivity contribution in [2.75, 3.05) is 26.2 Å². The normalized spacial score (nSPS) is 18.4. The van der Waals surface area contributed by atoms with Gasteiger partial charge in [-0.25, -0.2) is 0 Å². The van der Waals surface area contributed by atoms with Crippen LogP contribution in [0.15, 0.2) is 54.9 Å². The van der Waals surface area contributed by atoms with E-state index >= 15 is 0 Å². The standard InChI is InChI=1S/C25H31N3O2/c1-19(2)27-17-11-24(12-18-27)30-23-5-3-20(4-6-23)21-9-15-28(16-10-21)25(29)22-7-13-26-14-8-22/h3-9,13-14,19,24H,10-12,15-18H2,1-2H3. The number of piperidine rings is 1. The highest BCUT2D eigenvalue weighted by atomic mass is 16.5. The fourth-order valence-corrected chi connectivity index (χ4v) is 4.24. The maximum Gasteiger partial charge on any atom is 0.254 e. The van der Waals surface area contributed by atoms with Crippen LogP contribution in [-0.4, -0.2) is 59.0 Å². The fourth-order valence-electron chi connectivity index (χ4n) is 4.24. The number of rotatable bonds is 5. The zero-order valence-electron chi connectivity index (χ0n) is 18.0. The van der Waals surface area contributed by atoms with Crippen LogP contribution in [0.4, 0.5) is 0 Å². The van der Waals surface area contributed by atoms with Crippen molar-refractivity contribution in [3.05, 3.63) is 66.0 Å². The van der Waals surface area contributed by atoms with Crippen LogP contribution >= 0.6 is 0 Å². The monoisotopic (exact) mass is 405 g/mol. The number of hydrogen-bond donors (Lipinski definition) is 0. The summed E-state index contributed by atoms with van der Waals surface area (Å²) in [7, 11) is 0. The lowest BCUT2D eigenvalue weighted by atomic mass is 9.99. The van der Waals surface area contributed by atoms with E-state index in [1.165, 1.54) is 11.1 Å². The van der Waals surface area contributed by atoms with Gasteiger partial charge in [-0.15, -0.1) is 0 Å². The van der Waals surface area contributed by atoms with E-state index in [2.05, 4.69) is 54.1 Å². The Morgan fingerprint density at radius 1 is 1.03 bits per heavy atom. The average Bonchev–Trinajstić information content (AvgIpc) is 2.80. The highest BCUT2D eigenvalue weighted by Gasteiger charge is 2.22. The molecule has 1 aromatic heterocycles. The summed E-state index contributed by atoms with van der Waals surface area (Å²) in [5.41, 5.74) is 3.21. The minimum absolute atomic E-state index is 0.0694. The highest BCUT2D eigenvalue weighted by molar-refractivity contribution is 5.94. The first-order valence-corrected chi connectivity index (χ1v) is 11.0. The van der Waals surface area contributed by atoms with Gasteiger partial charge in [-0.05, 0) is 68.5 Å². The Hall–Kier alpha value is -2.66. The van der Waals surface area contributed by atoms with Crippen molar-refractivity contribution in [1.29, 1.82) is 0 Å². The number of pyridine rings is 1. The van der Waals surface area contributed by atoms with Crippen molar-refractivity contribution in [3.63, 3.8) is 0 Å². The smallest absolute Gasteiger partial charge is 0.254 e. The third kappa shape index (κ3) is 4.90. The molecule has 5 nitrogen and oxygen atoms in total. The molecule has 158 valence electrons. The molecule has 0 atom stereocenters. The SMILES string of the molecule is CC(C)N1CCC(Oc2ccc(C3=CCN(C(=O)c4ccncc4)CC3)cc2)CC1. The molecule has 0 aliphatic carbocycles. The van der Waals surface area contributed by atoms with Crippen molar-refractivity contribution < 1.29 is 9.53 Å². The van der Waals surface area contributed by atoms with Crippen LogP contribution in [0.1, 0.15) is 49.0 Å². The van der Waals surface area contributed by atoms with Crippen LogP contribution in [0.2, 0.25) is 0 Å². The molecule has 5 heteroatoms. The number of benzene rings is 1. The second-order valence-corrected chi connectivity index (χ2v) is 8.44. The molecule has 30 heavy (non-hydrogen) atoms. The summed E-state index contributed by atoms with van der Waals surface area (Å²) < 4.78 is 6.22. The summed E-state index contributed by atoms with van der Waals surface area (Å²) in [6.07, 6.45) is 8.85. The second-order valence-electron chi connectivity index (χ2n) is 8.44. The Labute approximate surface area is 179 Å². The maximum atomic E-state index is 12.6. The van der Waals surface area contributed by atoms with Gasteiger partial charge in [0, 0.05) is 50.2 Å². The first-order chi connectivity index (χ1) is 14.6. The van der Waals surface area contributed by atoms with Crippen molar-refractivity contribution in [2.45, 2.75) is 45.3 Å². The molecular formula is C25H31N3O2. The van der Waals surface area contributed by atoms with Gasteiger partial charge in [0.2, 0.25) is 0 Å². The lowest BCUT2D eigenvalue weighted by Crippen LogP contribution is -2.41. The second kappa shape index (κ2) is 9.43. The average molecular weight is 406 g/mol. The lowest BCUT2D eigenvalue weighted by Gasteiger charge is -2.34. The number of hydrogen-bond acceptors (Lipinski definition) is 4. The largest absolute Gasteiger partial charge is 0.490 e. The van der Waals surface area contributed by atoms with E-state index < -0.39 is 0 Å². The molecule has 0 unspecified atom stereocenters. The number of aromatic nitrogens is 1. The number of carbonyl (C=O) groups excluding carboxylic acids is 1. The number of likely N-dealkylation sites (tertiary alicyclic amines) is 1. The maximum absolute atomic E-state index is 12.6. The van der Waals surface area contributed by atoms with E-state index in [-0.39, 0.29) is 5.91 Å². The highest BCUT2D eigenvalue weighted by Crippen LogP contribution is 2.26. The van der Waals surface area contributed by atoms with Crippen molar-refractivity contribution in [3.8, 4) is 5.75 Å². The Kier molecular flexibility index (Phi) is 6.48. The van der Waals surface area contributed by atoms with E-state index in [9.17, 15) is 4.79 Å². The Morgan fingerprint density at radius 3 is 2.33 bits per heavy atom. The van der Waals surface area contributed by atoms with Crippen LogP contribution in [0.3, 0.4) is 0 Å². The number of amides is 1. The van der Waals surface area contributed by atoms with Gasteiger partial charge in [-0.1, -0.05) is 18.2 Å². The molecule has 4 rings (SSSR count). The molecule has 0 bridgehead atoms. The van der Waals surface area contributed by atoms with Gasteiger partial charge >= 0.3 is 0 Å². The first-order valence-electron chi connectivity index (χ1n) is 11.0. The van der Waals surface area contributed by atoms with E-state index in [1.807, 2.05) is 4.90 Å². The molecule has 0 spiro atoms. The van der Waals surface area contributed by atoms with Gasteiger partial charge < -0.3 is 14.5 Å². The molecule has 1 saturated heterocycles. The predicted molar refractivity (Wildman–Crippen MR) is 120 cm³/mol. The minimum atomic E-state index is 0.0694. The number of carbonyl (C=O) groups is 1. The molecule has 3 heterocycles. The van der Waals surface area contributed by atoms with Gasteiger partial charge in [0.25, 0.3) is 5.91 Å². The molecule has 2 aliphatic heterocycles. The third-order valence-electron chi connectivity index (χ3n) is 6.16. The lowest BCUT2D eigenvalue weighted by molar-refractivity contribution is 0.0772. The van der Waals surface area contributed by atoms with Crippen molar-refractivity contribution >= 4 is 11.5 Å². The Bertz CT molecular complexity index is 869. The summed E-state index contributed by atoms with van der Waals surface area (Å²) in [6, 6.07) is 12.6. The first kappa shape index (κ1) is 20.6. The molecule has 2 aliphatic rings. The molecule has 0 N–H and O–H groups in total. The van der Waals surface area contributed by atoms with Crippen LogP contribution in [-0.2, 0) is 0 Å². The fraction of sp³-hybridized carbons (Fsp3) is 0.440. The molecule has 1 fully saturated rings. The van der Waals surface area contributed by atoms with E-state index in [0.717, 1.165) is 44.6 Å². The van der Waals surface area contributed by atoms with E-state index in [4.69, 9.17) is 4.74 Å². The van der Waals surface area contributed by atoms with Crippen LogP contribution < -0.4 is 4.74 Å². The van der Waals surface area contributed by atoms with E-state index in [0.29, 0.717) is 24.3 Å². The zero-order chi connectivity index (χ0) is 20.9. The van der Waals surface area contributed by atoms with Gasteiger partial charge in [-0.2, -0.15) is 0 Å².